The number of phenolic OH excluding ortho intramolecular Hbond substituents is 2. The van der Waals surface area contributed by atoms with Crippen molar-refractivity contribution in [3.8, 4) is 29.1 Å². The molecule has 5 heterocycles. The van der Waals surface area contributed by atoms with Crippen LogP contribution < -0.4 is 9.47 Å². The zero-order valence-electron chi connectivity index (χ0n) is 23.2. The molecule has 10 heteroatoms. The summed E-state index contributed by atoms with van der Waals surface area (Å²) < 4.78 is 17.7. The minimum atomic E-state index is -0.536. The molecule has 5 aliphatic rings. The molecule has 2 N–H and O–H groups in total. The van der Waals surface area contributed by atoms with Crippen LogP contribution in [0.2, 0.25) is 0 Å². The summed E-state index contributed by atoms with van der Waals surface area (Å²) in [6, 6.07) is 3.02. The van der Waals surface area contributed by atoms with Crippen molar-refractivity contribution in [2.24, 2.45) is 5.92 Å². The van der Waals surface area contributed by atoms with Gasteiger partial charge in [0, 0.05) is 40.1 Å². The maximum Gasteiger partial charge on any atom is 0.309 e. The molecule has 5 aliphatic heterocycles. The Morgan fingerprint density at radius 2 is 1.77 bits per heavy atom. The number of phenols is 2. The molecule has 2 saturated heterocycles. The number of esters is 1. The highest BCUT2D eigenvalue weighted by molar-refractivity contribution is 7.99. The Kier molecular flexibility index (Phi) is 5.77. The Bertz CT molecular complexity index is 1500. The van der Waals surface area contributed by atoms with Crippen molar-refractivity contribution >= 4 is 17.7 Å². The summed E-state index contributed by atoms with van der Waals surface area (Å²) in [6.07, 6.45) is 0.615. The number of hydrogen-bond donors (Lipinski definition) is 2. The van der Waals surface area contributed by atoms with Crippen LogP contribution in [0.3, 0.4) is 0 Å². The van der Waals surface area contributed by atoms with Gasteiger partial charge in [-0.15, -0.1) is 0 Å². The first kappa shape index (κ1) is 25.8. The van der Waals surface area contributed by atoms with E-state index in [9.17, 15) is 20.3 Å². The van der Waals surface area contributed by atoms with E-state index in [2.05, 4.69) is 21.9 Å². The number of hydrogen-bond acceptors (Lipinski definition) is 10. The van der Waals surface area contributed by atoms with Crippen LogP contribution in [0.25, 0.3) is 0 Å². The van der Waals surface area contributed by atoms with Crippen molar-refractivity contribution in [2.45, 2.75) is 69.6 Å². The van der Waals surface area contributed by atoms with Gasteiger partial charge in [-0.3, -0.25) is 14.6 Å². The molecule has 2 aromatic carbocycles. The van der Waals surface area contributed by atoms with E-state index in [4.69, 9.17) is 14.2 Å². The number of piperazine rings is 1. The van der Waals surface area contributed by atoms with Crippen molar-refractivity contribution in [2.75, 3.05) is 26.2 Å². The summed E-state index contributed by atoms with van der Waals surface area (Å²) in [5.41, 5.74) is 5.93. The van der Waals surface area contributed by atoms with Crippen molar-refractivity contribution in [3.63, 3.8) is 0 Å². The molecule has 2 unspecified atom stereocenters. The molecule has 0 amide bonds. The zero-order chi connectivity index (χ0) is 28.2. The number of thioether (sulfide) groups is 1. The largest absolute Gasteiger partial charge is 0.507 e. The van der Waals surface area contributed by atoms with Crippen LogP contribution in [0.15, 0.2) is 6.07 Å². The third-order valence-corrected chi connectivity index (χ3v) is 11.4. The lowest BCUT2D eigenvalue weighted by atomic mass is 9.71. The molecule has 0 spiro atoms. The number of carbonyl (C=O) groups excluding carboxylic acids is 1. The molecule has 7 rings (SSSR count). The molecule has 0 saturated carbocycles. The first-order chi connectivity index (χ1) is 19.1. The minimum Gasteiger partial charge on any atom is -0.507 e. The van der Waals surface area contributed by atoms with Crippen LogP contribution in [0.1, 0.15) is 63.2 Å². The second-order valence-corrected chi connectivity index (χ2v) is 13.0. The third-order valence-electron chi connectivity index (χ3n) is 9.81. The maximum atomic E-state index is 12.9. The van der Waals surface area contributed by atoms with E-state index in [-0.39, 0.29) is 54.4 Å². The highest BCUT2D eigenvalue weighted by atomic mass is 32.2. The highest BCUT2D eigenvalue weighted by Crippen LogP contribution is 2.63. The van der Waals surface area contributed by atoms with Gasteiger partial charge in [-0.05, 0) is 50.9 Å². The lowest BCUT2D eigenvalue weighted by molar-refractivity contribution is -0.153. The Morgan fingerprint density at radius 1 is 1.05 bits per heavy atom. The fourth-order valence-electron chi connectivity index (χ4n) is 7.66. The lowest BCUT2D eigenvalue weighted by Gasteiger charge is -2.61. The monoisotopic (exact) mass is 563 g/mol. The molecule has 0 aliphatic carbocycles. The van der Waals surface area contributed by atoms with E-state index in [0.717, 1.165) is 33.4 Å². The van der Waals surface area contributed by atoms with Gasteiger partial charge in [0.05, 0.1) is 29.3 Å². The molecule has 40 heavy (non-hydrogen) atoms. The summed E-state index contributed by atoms with van der Waals surface area (Å²) in [4.78, 5) is 17.4. The smallest absolute Gasteiger partial charge is 0.309 e. The van der Waals surface area contributed by atoms with Crippen molar-refractivity contribution in [3.05, 3.63) is 45.0 Å². The van der Waals surface area contributed by atoms with Gasteiger partial charge in [0.15, 0.2) is 11.5 Å². The molecular formula is C30H33N3O6S. The summed E-state index contributed by atoms with van der Waals surface area (Å²) in [5, 5.41) is 33.8. The van der Waals surface area contributed by atoms with Gasteiger partial charge in [-0.2, -0.15) is 17.0 Å². The average Bonchev–Trinajstić information content (AvgIpc) is 3.42. The average molecular weight is 564 g/mol. The van der Waals surface area contributed by atoms with Crippen LogP contribution in [0.4, 0.5) is 0 Å². The molecule has 210 valence electrons. The van der Waals surface area contributed by atoms with Gasteiger partial charge in [0.1, 0.15) is 24.1 Å². The first-order valence-corrected chi connectivity index (χ1v) is 14.8. The van der Waals surface area contributed by atoms with Gasteiger partial charge in [0.25, 0.3) is 0 Å². The number of aryl methyl sites for hydroxylation is 1. The van der Waals surface area contributed by atoms with E-state index in [0.29, 0.717) is 35.0 Å². The van der Waals surface area contributed by atoms with Gasteiger partial charge in [-0.1, -0.05) is 13.0 Å². The van der Waals surface area contributed by atoms with Crippen LogP contribution in [0.5, 0.6) is 23.0 Å². The molecular weight excluding hydrogens is 530 g/mol. The molecule has 0 radical (unpaired) electrons. The van der Waals surface area contributed by atoms with Crippen molar-refractivity contribution in [1.29, 1.82) is 5.26 Å². The second-order valence-electron chi connectivity index (χ2n) is 11.8. The Hall–Kier alpha value is -3.13. The zero-order valence-corrected chi connectivity index (χ0v) is 24.0. The van der Waals surface area contributed by atoms with Crippen molar-refractivity contribution in [1.82, 2.24) is 9.80 Å². The van der Waals surface area contributed by atoms with E-state index >= 15 is 0 Å². The quantitative estimate of drug-likeness (QED) is 0.457. The van der Waals surface area contributed by atoms with E-state index in [1.54, 1.807) is 11.8 Å². The number of ether oxygens (including phenoxy) is 3. The normalized spacial score (nSPS) is 32.5. The molecule has 4 bridgehead atoms. The maximum absolute atomic E-state index is 12.9. The summed E-state index contributed by atoms with van der Waals surface area (Å²) >= 11 is 1.60. The highest BCUT2D eigenvalue weighted by Gasteiger charge is 2.60. The number of carbonyl (C=O) groups is 1. The third kappa shape index (κ3) is 3.25. The topological polar surface area (TPSA) is 115 Å². The fourth-order valence-corrected chi connectivity index (χ4v) is 9.19. The Labute approximate surface area is 237 Å². The number of rotatable bonds is 0. The molecule has 9 nitrogen and oxygen atoms in total. The van der Waals surface area contributed by atoms with Crippen molar-refractivity contribution < 1.29 is 29.2 Å². The van der Waals surface area contributed by atoms with Gasteiger partial charge in [-0.25, -0.2) is 0 Å². The SMILES string of the molecule is Cc1cc2c(c(O)c1C)[C@H]1C3[C@@H]4SCC(C)C(=O)OC[C@H](c5c6c(c(C)c(O)c54)OCO6)N3[C@@H](C#N)[C@H](C2)N1C. The number of benzene rings is 2. The number of nitrogens with zero attached hydrogens (tertiary/aromatic N) is 3. The van der Waals surface area contributed by atoms with Crippen LogP contribution in [0, 0.1) is 38.0 Å². The predicted octanol–water partition coefficient (Wildman–Crippen LogP) is 3.95. The van der Waals surface area contributed by atoms with Gasteiger partial charge in [0.2, 0.25) is 6.79 Å². The van der Waals surface area contributed by atoms with Crippen LogP contribution in [-0.2, 0) is 16.0 Å². The van der Waals surface area contributed by atoms with Gasteiger partial charge < -0.3 is 24.4 Å². The number of cyclic esters (lactones) is 1. The number of fused-ring (bicyclic) bond motifs is 9. The first-order valence-electron chi connectivity index (χ1n) is 13.8. The minimum absolute atomic E-state index is 0.0233. The van der Waals surface area contributed by atoms with E-state index in [1.165, 1.54) is 0 Å². The number of aromatic hydroxyl groups is 2. The Morgan fingerprint density at radius 3 is 2.52 bits per heavy atom. The van der Waals surface area contributed by atoms with Crippen LogP contribution >= 0.6 is 11.8 Å². The van der Waals surface area contributed by atoms with E-state index < -0.39 is 12.1 Å². The number of nitriles is 1. The molecule has 2 aromatic rings. The second kappa shape index (κ2) is 8.93. The molecule has 7 atom stereocenters. The van der Waals surface area contributed by atoms with Crippen LogP contribution in [-0.4, -0.2) is 70.3 Å². The summed E-state index contributed by atoms with van der Waals surface area (Å²) in [7, 11) is 2.04. The van der Waals surface area contributed by atoms with Gasteiger partial charge >= 0.3 is 5.97 Å². The molecule has 2 fully saturated rings. The fraction of sp³-hybridized carbons (Fsp3) is 0.533. The lowest BCUT2D eigenvalue weighted by Crippen LogP contribution is -2.69. The predicted molar refractivity (Wildman–Crippen MR) is 148 cm³/mol. The van der Waals surface area contributed by atoms with E-state index in [1.807, 2.05) is 34.7 Å². The standard InChI is InChI=1S/C30H33N3O6S/c1-12-6-16-7-17-18(8-31)33-19-9-37-30(36)13(2)10-40-29(24(33)23(32(17)5)20(16)25(34)14(12)3)22-21(19)28-27(38-11-39-28)15(4)26(22)35/h6,13,17-19,23-24,29,34-35H,7,9-11H2,1-5H3/t13?,17-,18-,19+,23-,24?,29+/m0/s1. The summed E-state index contributed by atoms with van der Waals surface area (Å²) in [5.74, 6) is 1.37. The molecule has 0 aromatic heterocycles. The number of likely N-dealkylation sites (N-methyl/N-ethyl adjacent to an activating group) is 1. The summed E-state index contributed by atoms with van der Waals surface area (Å²) in [6.45, 7) is 7.70. The Balaban J connectivity index is 1.54.